The zero-order valence-electron chi connectivity index (χ0n) is 13.8. The molecule has 2 rings (SSSR count). The molecule has 0 aromatic heterocycles. The average molecular weight is 348 g/mol. The van der Waals surface area contributed by atoms with E-state index in [-0.39, 0.29) is 17.0 Å². The third-order valence-electron chi connectivity index (χ3n) is 3.33. The summed E-state index contributed by atoms with van der Waals surface area (Å²) in [5.74, 6) is -2.33. The Morgan fingerprint density at radius 3 is 1.24 bits per heavy atom. The minimum atomic E-state index is -1.69. The number of aliphatic carboxylic acids is 2. The van der Waals surface area contributed by atoms with Crippen LogP contribution in [-0.2, 0) is 9.59 Å². The number of rotatable bonds is 7. The molecule has 0 amide bonds. The van der Waals surface area contributed by atoms with Crippen molar-refractivity contribution < 1.29 is 34.8 Å². The van der Waals surface area contributed by atoms with Gasteiger partial charge in [-0.05, 0) is 38.1 Å². The van der Waals surface area contributed by atoms with Crippen LogP contribution in [0.15, 0.2) is 48.5 Å². The minimum absolute atomic E-state index is 0. The molecule has 4 N–H and O–H groups in total. The summed E-state index contributed by atoms with van der Waals surface area (Å²) in [4.78, 5) is 23.0. The number of aryl methyl sites for hydroxylation is 2. The Hall–Kier alpha value is -3.06. The van der Waals surface area contributed by atoms with Crippen molar-refractivity contribution in [2.24, 2.45) is 0 Å². The highest BCUT2D eigenvalue weighted by Gasteiger charge is 2.38. The molecule has 2 atom stereocenters. The number of carboxylic acid groups (broad SMARTS) is 2. The molecule has 0 spiro atoms. The second-order valence-electron chi connectivity index (χ2n) is 5.38. The lowest BCUT2D eigenvalue weighted by Crippen LogP contribution is -2.47. The van der Waals surface area contributed by atoms with Gasteiger partial charge in [0.25, 0.3) is 0 Å². The number of carbonyl (C=O) groups is 2. The van der Waals surface area contributed by atoms with Crippen LogP contribution in [0.25, 0.3) is 0 Å². The molecule has 2 aromatic carbocycles. The first-order valence-electron chi connectivity index (χ1n) is 7.29. The maximum Gasteiger partial charge on any atom is 0.349 e. The first-order chi connectivity index (χ1) is 11.4. The van der Waals surface area contributed by atoms with E-state index < -0.39 is 24.1 Å². The Kier molecular flexibility index (Phi) is 6.95. The number of carboxylic acids is 2. The van der Waals surface area contributed by atoms with Crippen molar-refractivity contribution >= 4 is 11.9 Å². The Morgan fingerprint density at radius 2 is 1.00 bits per heavy atom. The van der Waals surface area contributed by atoms with Gasteiger partial charge in [-0.3, -0.25) is 0 Å². The van der Waals surface area contributed by atoms with Crippen LogP contribution in [0.3, 0.4) is 0 Å². The molecule has 0 aliphatic rings. The molecule has 0 unspecified atom stereocenters. The van der Waals surface area contributed by atoms with Crippen molar-refractivity contribution in [2.45, 2.75) is 26.1 Å². The lowest BCUT2D eigenvalue weighted by Gasteiger charge is -2.22. The van der Waals surface area contributed by atoms with Crippen LogP contribution in [-0.4, -0.2) is 39.8 Å². The zero-order valence-corrected chi connectivity index (χ0v) is 13.8. The normalized spacial score (nSPS) is 12.4. The molecule has 7 nitrogen and oxygen atoms in total. The molecule has 0 saturated heterocycles. The maximum absolute atomic E-state index is 11.5. The predicted octanol–water partition coefficient (Wildman–Crippen LogP) is 1.84. The summed E-state index contributed by atoms with van der Waals surface area (Å²) in [5.41, 5.74) is 1.94. The molecular weight excluding hydrogens is 328 g/mol. The SMILES string of the molecule is Cc1ccc(O[C@@H](C(=O)O)[C@@H](Oc2ccc(C)cc2)C(=O)O)cc1.O. The molecule has 0 aliphatic heterocycles. The molecule has 134 valence electrons. The number of hydrogen-bond acceptors (Lipinski definition) is 4. The van der Waals surface area contributed by atoms with Gasteiger partial charge in [-0.1, -0.05) is 35.4 Å². The van der Waals surface area contributed by atoms with Gasteiger partial charge in [0.2, 0.25) is 12.2 Å². The van der Waals surface area contributed by atoms with E-state index in [9.17, 15) is 19.8 Å². The van der Waals surface area contributed by atoms with Crippen molar-refractivity contribution in [1.29, 1.82) is 0 Å². The minimum Gasteiger partial charge on any atom is -0.478 e. The third-order valence-corrected chi connectivity index (χ3v) is 3.33. The van der Waals surface area contributed by atoms with E-state index in [0.29, 0.717) is 0 Å². The van der Waals surface area contributed by atoms with E-state index in [1.165, 1.54) is 0 Å². The summed E-state index contributed by atoms with van der Waals surface area (Å²) in [7, 11) is 0. The lowest BCUT2D eigenvalue weighted by atomic mass is 10.2. The maximum atomic E-state index is 11.5. The Bertz CT molecular complexity index is 644. The van der Waals surface area contributed by atoms with Gasteiger partial charge in [-0.15, -0.1) is 0 Å². The van der Waals surface area contributed by atoms with Crippen molar-refractivity contribution in [2.75, 3.05) is 0 Å². The van der Waals surface area contributed by atoms with Gasteiger partial charge in [0.15, 0.2) is 0 Å². The van der Waals surface area contributed by atoms with Gasteiger partial charge in [0.05, 0.1) is 0 Å². The monoisotopic (exact) mass is 348 g/mol. The van der Waals surface area contributed by atoms with Gasteiger partial charge < -0.3 is 25.2 Å². The summed E-state index contributed by atoms with van der Waals surface area (Å²) < 4.78 is 10.7. The topological polar surface area (TPSA) is 125 Å². The van der Waals surface area contributed by atoms with Crippen LogP contribution < -0.4 is 9.47 Å². The fraction of sp³-hybridized carbons (Fsp3) is 0.222. The molecule has 7 heteroatoms. The fourth-order valence-corrected chi connectivity index (χ4v) is 2.01. The van der Waals surface area contributed by atoms with E-state index in [4.69, 9.17) is 9.47 Å². The third kappa shape index (κ3) is 5.50. The zero-order chi connectivity index (χ0) is 17.7. The summed E-state index contributed by atoms with van der Waals surface area (Å²) in [6.07, 6.45) is -3.38. The van der Waals surface area contributed by atoms with Crippen LogP contribution in [0.5, 0.6) is 11.5 Å². The average Bonchev–Trinajstić information content (AvgIpc) is 2.54. The molecule has 0 aliphatic carbocycles. The highest BCUT2D eigenvalue weighted by molar-refractivity contribution is 5.84. The fourth-order valence-electron chi connectivity index (χ4n) is 2.01. The second kappa shape index (κ2) is 8.70. The smallest absolute Gasteiger partial charge is 0.349 e. The molecule has 0 heterocycles. The van der Waals surface area contributed by atoms with E-state index in [2.05, 4.69) is 0 Å². The summed E-state index contributed by atoms with van der Waals surface area (Å²) >= 11 is 0. The second-order valence-corrected chi connectivity index (χ2v) is 5.38. The highest BCUT2D eigenvalue weighted by atomic mass is 16.6. The van der Waals surface area contributed by atoms with Crippen molar-refractivity contribution in [3.8, 4) is 11.5 Å². The summed E-state index contributed by atoms with van der Waals surface area (Å²) in [6, 6.07) is 13.3. The standard InChI is InChI=1S/C18H18O6.H2O/c1-11-3-7-13(8-4-11)23-15(17(19)20)16(18(21)22)24-14-9-5-12(2)6-10-14;/h3-10,15-16H,1-2H3,(H,19,20)(H,21,22);1H2/t15-,16-;/m1./s1. The molecule has 0 bridgehead atoms. The van der Waals surface area contributed by atoms with E-state index in [1.54, 1.807) is 48.5 Å². The van der Waals surface area contributed by atoms with Crippen LogP contribution in [0, 0.1) is 13.8 Å². The lowest BCUT2D eigenvalue weighted by molar-refractivity contribution is -0.161. The molecule has 0 saturated carbocycles. The van der Waals surface area contributed by atoms with Crippen LogP contribution in [0.1, 0.15) is 11.1 Å². The molecule has 0 radical (unpaired) electrons. The van der Waals surface area contributed by atoms with Crippen LogP contribution >= 0.6 is 0 Å². The molecular formula is C18H20O7. The van der Waals surface area contributed by atoms with Crippen molar-refractivity contribution in [3.05, 3.63) is 59.7 Å². The van der Waals surface area contributed by atoms with Gasteiger partial charge in [-0.2, -0.15) is 0 Å². The largest absolute Gasteiger partial charge is 0.478 e. The van der Waals surface area contributed by atoms with Crippen LogP contribution in [0.4, 0.5) is 0 Å². The molecule has 25 heavy (non-hydrogen) atoms. The molecule has 0 fully saturated rings. The Balaban J connectivity index is 0.00000312. The molecule has 2 aromatic rings. The van der Waals surface area contributed by atoms with Gasteiger partial charge in [-0.25, -0.2) is 9.59 Å². The van der Waals surface area contributed by atoms with E-state index in [1.807, 2.05) is 13.8 Å². The van der Waals surface area contributed by atoms with Crippen molar-refractivity contribution in [1.82, 2.24) is 0 Å². The predicted molar refractivity (Wildman–Crippen MR) is 90.1 cm³/mol. The van der Waals surface area contributed by atoms with Gasteiger partial charge >= 0.3 is 11.9 Å². The first kappa shape index (κ1) is 20.0. The summed E-state index contributed by atoms with van der Waals surface area (Å²) in [5, 5.41) is 18.7. The summed E-state index contributed by atoms with van der Waals surface area (Å²) in [6.45, 7) is 3.75. The van der Waals surface area contributed by atoms with E-state index in [0.717, 1.165) is 11.1 Å². The van der Waals surface area contributed by atoms with E-state index >= 15 is 0 Å². The van der Waals surface area contributed by atoms with Crippen molar-refractivity contribution in [3.63, 3.8) is 0 Å². The number of ether oxygens (including phenoxy) is 2. The first-order valence-corrected chi connectivity index (χ1v) is 7.29. The quantitative estimate of drug-likeness (QED) is 0.786. The highest BCUT2D eigenvalue weighted by Crippen LogP contribution is 2.19. The number of hydrogen-bond donors (Lipinski definition) is 2. The van der Waals surface area contributed by atoms with Gasteiger partial charge in [0.1, 0.15) is 11.5 Å². The van der Waals surface area contributed by atoms with Crippen LogP contribution in [0.2, 0.25) is 0 Å². The Labute approximate surface area is 144 Å². The van der Waals surface area contributed by atoms with Gasteiger partial charge in [0, 0.05) is 0 Å². The number of benzene rings is 2. The Morgan fingerprint density at radius 1 is 0.720 bits per heavy atom.